The lowest BCUT2D eigenvalue weighted by Crippen LogP contribution is -2.31. The summed E-state index contributed by atoms with van der Waals surface area (Å²) in [4.78, 5) is 26.7. The minimum Gasteiger partial charge on any atom is -0.491 e. The Kier molecular flexibility index (Phi) is 6.89. The molecule has 0 fully saturated rings. The molecule has 0 bridgehead atoms. The number of hydrogen-bond acceptors (Lipinski definition) is 5. The number of aryl methyl sites for hydroxylation is 1. The molecule has 1 aromatic carbocycles. The topological polar surface area (TPSA) is 97.0 Å². The number of benzene rings is 1. The number of nitrogens with one attached hydrogen (secondary N) is 2. The molecule has 0 aliphatic rings. The molecule has 7 nitrogen and oxygen atoms in total. The molecule has 2 N–H and O–H groups in total. The molecule has 1 atom stereocenters. The zero-order valence-electron chi connectivity index (χ0n) is 15.7. The van der Waals surface area contributed by atoms with Crippen LogP contribution in [-0.4, -0.2) is 33.2 Å². The lowest BCUT2D eigenvalue weighted by atomic mass is 10.2. The average molecular weight is 358 g/mol. The number of carbonyl (C=O) groups is 1. The Hall–Kier alpha value is -2.70. The van der Waals surface area contributed by atoms with E-state index < -0.39 is 0 Å². The molecular weight excluding hydrogens is 332 g/mol. The molecule has 7 heteroatoms. The first-order valence-electron chi connectivity index (χ1n) is 8.91. The van der Waals surface area contributed by atoms with Gasteiger partial charge in [0.1, 0.15) is 11.4 Å². The molecule has 1 aromatic heterocycles. The van der Waals surface area contributed by atoms with Crippen molar-refractivity contribution in [2.45, 2.75) is 59.1 Å². The molecular formula is C19H26N4O3. The fourth-order valence-electron chi connectivity index (χ4n) is 2.31. The van der Waals surface area contributed by atoms with Gasteiger partial charge in [0.15, 0.2) is 5.82 Å². The number of H-pyrrole nitrogens is 1. The van der Waals surface area contributed by atoms with Gasteiger partial charge in [-0.05, 0) is 39.3 Å². The summed E-state index contributed by atoms with van der Waals surface area (Å²) in [6.45, 7) is 7.83. The predicted molar refractivity (Wildman–Crippen MR) is 100 cm³/mol. The van der Waals surface area contributed by atoms with Gasteiger partial charge in [-0.3, -0.25) is 9.59 Å². The monoisotopic (exact) mass is 358 g/mol. The van der Waals surface area contributed by atoms with Crippen molar-refractivity contribution < 1.29 is 9.53 Å². The maximum atomic E-state index is 12.2. The van der Waals surface area contributed by atoms with E-state index in [2.05, 4.69) is 27.4 Å². The molecule has 0 unspecified atom stereocenters. The predicted octanol–water partition coefficient (Wildman–Crippen LogP) is 2.47. The first kappa shape index (κ1) is 19.6. The van der Waals surface area contributed by atoms with Crippen molar-refractivity contribution >= 4 is 5.91 Å². The van der Waals surface area contributed by atoms with E-state index in [4.69, 9.17) is 4.74 Å². The van der Waals surface area contributed by atoms with Gasteiger partial charge >= 0.3 is 0 Å². The molecule has 1 heterocycles. The number of rotatable bonds is 8. The fraction of sp³-hybridized carbons (Fsp3) is 0.474. The highest BCUT2D eigenvalue weighted by Crippen LogP contribution is 2.21. The van der Waals surface area contributed by atoms with E-state index >= 15 is 0 Å². The third-order valence-electron chi connectivity index (χ3n) is 3.82. The van der Waals surface area contributed by atoms with Crippen LogP contribution in [0.25, 0.3) is 11.4 Å². The third-order valence-corrected chi connectivity index (χ3v) is 3.82. The maximum Gasteiger partial charge on any atom is 0.273 e. The Morgan fingerprint density at radius 3 is 2.69 bits per heavy atom. The van der Waals surface area contributed by atoms with Crippen molar-refractivity contribution in [2.24, 2.45) is 0 Å². The molecule has 0 aliphatic carbocycles. The molecule has 0 aliphatic heterocycles. The van der Waals surface area contributed by atoms with Crippen LogP contribution in [-0.2, 0) is 11.2 Å². The van der Waals surface area contributed by atoms with Gasteiger partial charge in [0, 0.05) is 24.4 Å². The summed E-state index contributed by atoms with van der Waals surface area (Å²) in [5.74, 6) is 0.981. The maximum absolute atomic E-state index is 12.2. The van der Waals surface area contributed by atoms with Crippen LogP contribution < -0.4 is 15.6 Å². The number of aromatic amines is 1. The average Bonchev–Trinajstić information content (AvgIpc) is 2.60. The SMILES string of the molecule is CC[C@H](C)Oc1cccc(-c2nnc(CCC(=O)NC(C)C)c(=O)[nH]2)c1. The second-order valence-corrected chi connectivity index (χ2v) is 6.54. The van der Waals surface area contributed by atoms with Gasteiger partial charge in [0.25, 0.3) is 5.56 Å². The smallest absolute Gasteiger partial charge is 0.273 e. The fourth-order valence-corrected chi connectivity index (χ4v) is 2.31. The van der Waals surface area contributed by atoms with Crippen LogP contribution in [0, 0.1) is 0 Å². The summed E-state index contributed by atoms with van der Waals surface area (Å²) < 4.78 is 5.79. The molecule has 0 saturated carbocycles. The second kappa shape index (κ2) is 9.12. The molecule has 0 spiro atoms. The summed E-state index contributed by atoms with van der Waals surface area (Å²) in [5.41, 5.74) is 0.639. The van der Waals surface area contributed by atoms with Crippen molar-refractivity contribution in [3.8, 4) is 17.1 Å². The van der Waals surface area contributed by atoms with Gasteiger partial charge < -0.3 is 15.0 Å². The second-order valence-electron chi connectivity index (χ2n) is 6.54. The standard InChI is InChI=1S/C19H26N4O3/c1-5-13(4)26-15-8-6-7-14(11-15)18-21-19(25)16(22-23-18)9-10-17(24)20-12(2)3/h6-8,11-13H,5,9-10H2,1-4H3,(H,20,24)(H,21,23,25)/t13-/m0/s1. The van der Waals surface area contributed by atoms with Gasteiger partial charge in [-0.2, -0.15) is 0 Å². The minimum absolute atomic E-state index is 0.0687. The van der Waals surface area contributed by atoms with Gasteiger partial charge in [0.05, 0.1) is 6.10 Å². The van der Waals surface area contributed by atoms with E-state index in [1.54, 1.807) is 0 Å². The highest BCUT2D eigenvalue weighted by molar-refractivity contribution is 5.76. The van der Waals surface area contributed by atoms with Crippen molar-refractivity contribution in [1.82, 2.24) is 20.5 Å². The molecule has 2 aromatic rings. The summed E-state index contributed by atoms with van der Waals surface area (Å²) in [6, 6.07) is 7.43. The largest absolute Gasteiger partial charge is 0.491 e. The van der Waals surface area contributed by atoms with Crippen LogP contribution in [0.5, 0.6) is 5.75 Å². The highest BCUT2D eigenvalue weighted by atomic mass is 16.5. The number of ether oxygens (including phenoxy) is 1. The lowest BCUT2D eigenvalue weighted by molar-refractivity contribution is -0.121. The molecule has 2 rings (SSSR count). The zero-order chi connectivity index (χ0) is 19.1. The van der Waals surface area contributed by atoms with Crippen LogP contribution in [0.4, 0.5) is 0 Å². The van der Waals surface area contributed by atoms with Gasteiger partial charge in [-0.1, -0.05) is 19.1 Å². The van der Waals surface area contributed by atoms with Crippen molar-refractivity contribution in [1.29, 1.82) is 0 Å². The Morgan fingerprint density at radius 1 is 1.27 bits per heavy atom. The van der Waals surface area contributed by atoms with Crippen LogP contribution in [0.2, 0.25) is 0 Å². The normalized spacial score (nSPS) is 12.0. The first-order chi connectivity index (χ1) is 12.4. The van der Waals surface area contributed by atoms with E-state index in [9.17, 15) is 9.59 Å². The Balaban J connectivity index is 2.10. The summed E-state index contributed by atoms with van der Waals surface area (Å²) in [7, 11) is 0. The highest BCUT2D eigenvalue weighted by Gasteiger charge is 2.11. The summed E-state index contributed by atoms with van der Waals surface area (Å²) in [5, 5.41) is 10.9. The molecule has 140 valence electrons. The van der Waals surface area contributed by atoms with E-state index in [0.29, 0.717) is 11.6 Å². The van der Waals surface area contributed by atoms with Gasteiger partial charge in [-0.15, -0.1) is 10.2 Å². The van der Waals surface area contributed by atoms with E-state index in [1.165, 1.54) is 0 Å². The van der Waals surface area contributed by atoms with Crippen molar-refractivity contribution in [3.05, 3.63) is 40.3 Å². The number of nitrogens with zero attached hydrogens (tertiary/aromatic N) is 2. The van der Waals surface area contributed by atoms with Gasteiger partial charge in [0.2, 0.25) is 5.91 Å². The van der Waals surface area contributed by atoms with Crippen LogP contribution in [0.1, 0.15) is 46.2 Å². The van der Waals surface area contributed by atoms with E-state index in [1.807, 2.05) is 45.0 Å². The third kappa shape index (κ3) is 5.68. The number of aromatic nitrogens is 3. The lowest BCUT2D eigenvalue weighted by Gasteiger charge is -2.13. The molecule has 0 radical (unpaired) electrons. The molecule has 0 saturated heterocycles. The summed E-state index contributed by atoms with van der Waals surface area (Å²) >= 11 is 0. The van der Waals surface area contributed by atoms with Crippen LogP contribution >= 0.6 is 0 Å². The number of carbonyl (C=O) groups excluding carboxylic acids is 1. The van der Waals surface area contributed by atoms with Crippen molar-refractivity contribution in [3.63, 3.8) is 0 Å². The summed E-state index contributed by atoms with van der Waals surface area (Å²) in [6.07, 6.45) is 1.46. The Morgan fingerprint density at radius 2 is 2.04 bits per heavy atom. The van der Waals surface area contributed by atoms with E-state index in [0.717, 1.165) is 12.0 Å². The quantitative estimate of drug-likeness (QED) is 0.755. The Bertz CT molecular complexity index is 801. The van der Waals surface area contributed by atoms with Crippen LogP contribution in [0.3, 0.4) is 0 Å². The minimum atomic E-state index is -0.333. The van der Waals surface area contributed by atoms with E-state index in [-0.39, 0.29) is 42.1 Å². The Labute approximate surface area is 153 Å². The van der Waals surface area contributed by atoms with Crippen molar-refractivity contribution in [2.75, 3.05) is 0 Å². The van der Waals surface area contributed by atoms with Gasteiger partial charge in [-0.25, -0.2) is 0 Å². The molecule has 1 amide bonds. The zero-order valence-corrected chi connectivity index (χ0v) is 15.7. The number of hydrogen-bond donors (Lipinski definition) is 2. The first-order valence-corrected chi connectivity index (χ1v) is 8.91. The molecule has 26 heavy (non-hydrogen) atoms. The van der Waals surface area contributed by atoms with Crippen LogP contribution in [0.15, 0.2) is 29.1 Å². The number of amides is 1.